The van der Waals surface area contributed by atoms with Crippen LogP contribution in [-0.4, -0.2) is 24.9 Å². The quantitative estimate of drug-likeness (QED) is 0.532. The number of rotatable bonds is 6. The van der Waals surface area contributed by atoms with E-state index in [1.807, 2.05) is 35.7 Å². The molecule has 0 saturated heterocycles. The average Bonchev–Trinajstić information content (AvgIpc) is 3.24. The van der Waals surface area contributed by atoms with Crippen LogP contribution in [0.15, 0.2) is 64.9 Å². The summed E-state index contributed by atoms with van der Waals surface area (Å²) < 4.78 is 25.1. The normalized spacial score (nSPS) is 12.6. The van der Waals surface area contributed by atoms with Crippen molar-refractivity contribution in [3.05, 3.63) is 70.7 Å². The molecule has 0 N–H and O–H groups in total. The highest BCUT2D eigenvalue weighted by atomic mass is 32.2. The maximum Gasteiger partial charge on any atom is 0.237 e. The van der Waals surface area contributed by atoms with Gasteiger partial charge in [-0.15, -0.1) is 23.1 Å². The number of halogens is 1. The van der Waals surface area contributed by atoms with Crippen LogP contribution in [0.3, 0.4) is 0 Å². The van der Waals surface area contributed by atoms with Crippen molar-refractivity contribution >= 4 is 34.7 Å². The van der Waals surface area contributed by atoms with E-state index in [4.69, 9.17) is 9.47 Å². The Hall–Kier alpha value is -2.51. The van der Waals surface area contributed by atoms with Gasteiger partial charge in [-0.25, -0.2) is 4.39 Å². The Labute approximate surface area is 170 Å². The zero-order chi connectivity index (χ0) is 19.3. The first kappa shape index (κ1) is 18.8. The minimum absolute atomic E-state index is 0.0988. The molecule has 7 heteroatoms. The minimum atomic E-state index is -0.315. The van der Waals surface area contributed by atoms with Crippen LogP contribution < -0.4 is 14.4 Å². The number of thioether (sulfide) groups is 1. The first-order chi connectivity index (χ1) is 13.7. The van der Waals surface area contributed by atoms with Crippen molar-refractivity contribution in [3.8, 4) is 11.5 Å². The summed E-state index contributed by atoms with van der Waals surface area (Å²) in [5, 5.41) is 1.98. The van der Waals surface area contributed by atoms with Crippen molar-refractivity contribution in [2.24, 2.45) is 0 Å². The number of thiophene rings is 1. The average molecular weight is 416 g/mol. The molecule has 0 atom stereocenters. The predicted molar refractivity (Wildman–Crippen MR) is 110 cm³/mol. The number of amides is 1. The van der Waals surface area contributed by atoms with Gasteiger partial charge in [0, 0.05) is 21.5 Å². The van der Waals surface area contributed by atoms with Crippen LogP contribution in [0, 0.1) is 5.82 Å². The van der Waals surface area contributed by atoms with Crippen molar-refractivity contribution in [1.29, 1.82) is 0 Å². The van der Waals surface area contributed by atoms with Gasteiger partial charge in [0.15, 0.2) is 11.5 Å². The third-order valence-corrected chi connectivity index (χ3v) is 6.11. The van der Waals surface area contributed by atoms with Crippen molar-refractivity contribution in [1.82, 2.24) is 0 Å². The monoisotopic (exact) mass is 415 g/mol. The van der Waals surface area contributed by atoms with Crippen LogP contribution in [0.4, 0.5) is 10.1 Å². The molecule has 4 nitrogen and oxygen atoms in total. The molecular formula is C21H18FNO3S2. The van der Waals surface area contributed by atoms with E-state index in [9.17, 15) is 9.18 Å². The minimum Gasteiger partial charge on any atom is -0.486 e. The van der Waals surface area contributed by atoms with Gasteiger partial charge in [0.05, 0.1) is 12.3 Å². The fourth-order valence-corrected chi connectivity index (χ4v) is 4.37. The lowest BCUT2D eigenvalue weighted by Gasteiger charge is -2.25. The van der Waals surface area contributed by atoms with Gasteiger partial charge in [0.2, 0.25) is 5.91 Å². The third kappa shape index (κ3) is 4.31. The Kier molecular flexibility index (Phi) is 5.83. The fraction of sp³-hybridized carbons (Fsp3) is 0.190. The highest BCUT2D eigenvalue weighted by Crippen LogP contribution is 2.35. The SMILES string of the molecule is O=C(CSc1ccccc1F)N(Cc1cccs1)c1ccc2c(c1)OCCO2. The molecule has 1 amide bonds. The molecular weight excluding hydrogens is 397 g/mol. The first-order valence-electron chi connectivity index (χ1n) is 8.80. The van der Waals surface area contributed by atoms with Crippen molar-refractivity contribution < 1.29 is 18.7 Å². The number of nitrogens with zero attached hydrogens (tertiary/aromatic N) is 1. The molecule has 4 rings (SSSR count). The van der Waals surface area contributed by atoms with E-state index in [0.717, 1.165) is 10.6 Å². The zero-order valence-electron chi connectivity index (χ0n) is 15.0. The summed E-state index contributed by atoms with van der Waals surface area (Å²) in [5.74, 6) is 1.04. The number of benzene rings is 2. The molecule has 0 radical (unpaired) electrons. The largest absolute Gasteiger partial charge is 0.486 e. The van der Waals surface area contributed by atoms with Gasteiger partial charge < -0.3 is 14.4 Å². The summed E-state index contributed by atoms with van der Waals surface area (Å²) in [6, 6.07) is 15.9. The second-order valence-corrected chi connectivity index (χ2v) is 8.16. The van der Waals surface area contributed by atoms with E-state index in [1.54, 1.807) is 34.4 Å². The van der Waals surface area contributed by atoms with Gasteiger partial charge in [-0.2, -0.15) is 0 Å². The maximum absolute atomic E-state index is 13.9. The number of carbonyl (C=O) groups is 1. The molecule has 1 aromatic heterocycles. The molecule has 0 spiro atoms. The second-order valence-electron chi connectivity index (χ2n) is 6.11. The van der Waals surface area contributed by atoms with Crippen molar-refractivity contribution in [2.75, 3.05) is 23.9 Å². The van der Waals surface area contributed by atoms with E-state index in [2.05, 4.69) is 0 Å². The lowest BCUT2D eigenvalue weighted by Crippen LogP contribution is -2.31. The lowest BCUT2D eigenvalue weighted by atomic mass is 10.2. The van der Waals surface area contributed by atoms with Crippen LogP contribution in [0.5, 0.6) is 11.5 Å². The number of hydrogen-bond acceptors (Lipinski definition) is 5. The van der Waals surface area contributed by atoms with E-state index in [1.165, 1.54) is 17.8 Å². The Bertz CT molecular complexity index is 962. The number of carbonyl (C=O) groups excluding carboxylic acids is 1. The molecule has 0 saturated carbocycles. The summed E-state index contributed by atoms with van der Waals surface area (Å²) in [7, 11) is 0. The molecule has 1 aliphatic heterocycles. The van der Waals surface area contributed by atoms with Gasteiger partial charge in [-0.1, -0.05) is 18.2 Å². The molecule has 3 aromatic rings. The standard InChI is InChI=1S/C21H18FNO3S2/c22-17-5-1-2-6-20(17)28-14-21(24)23(13-16-4-3-11-27-16)15-7-8-18-19(12-15)26-10-9-25-18/h1-8,11-12H,9-10,13-14H2. The number of fused-ring (bicyclic) bond motifs is 1. The second kappa shape index (κ2) is 8.67. The third-order valence-electron chi connectivity index (χ3n) is 4.22. The van der Waals surface area contributed by atoms with Crippen LogP contribution in [-0.2, 0) is 11.3 Å². The Morgan fingerprint density at radius 3 is 2.68 bits per heavy atom. The Balaban J connectivity index is 1.56. The van der Waals surface area contributed by atoms with Crippen LogP contribution in [0.1, 0.15) is 4.88 Å². The van der Waals surface area contributed by atoms with Gasteiger partial charge in [-0.3, -0.25) is 4.79 Å². The zero-order valence-corrected chi connectivity index (χ0v) is 16.6. The summed E-state index contributed by atoms with van der Waals surface area (Å²) in [4.78, 5) is 16.3. The molecule has 144 valence electrons. The number of ether oxygens (including phenoxy) is 2. The summed E-state index contributed by atoms with van der Waals surface area (Å²) in [6.07, 6.45) is 0. The highest BCUT2D eigenvalue weighted by molar-refractivity contribution is 8.00. The predicted octanol–water partition coefficient (Wildman–Crippen LogP) is 4.98. The van der Waals surface area contributed by atoms with Crippen LogP contribution in [0.25, 0.3) is 0 Å². The van der Waals surface area contributed by atoms with Gasteiger partial charge in [0.25, 0.3) is 0 Å². The first-order valence-corrected chi connectivity index (χ1v) is 10.7. The smallest absolute Gasteiger partial charge is 0.237 e. The van der Waals surface area contributed by atoms with E-state index < -0.39 is 0 Å². The van der Waals surface area contributed by atoms with Crippen molar-refractivity contribution in [3.63, 3.8) is 0 Å². The highest BCUT2D eigenvalue weighted by Gasteiger charge is 2.21. The van der Waals surface area contributed by atoms with Gasteiger partial charge in [-0.05, 0) is 35.7 Å². The van der Waals surface area contributed by atoms with E-state index in [0.29, 0.717) is 36.2 Å². The van der Waals surface area contributed by atoms with E-state index >= 15 is 0 Å². The summed E-state index contributed by atoms with van der Waals surface area (Å²) in [6.45, 7) is 1.45. The van der Waals surface area contributed by atoms with Crippen LogP contribution >= 0.6 is 23.1 Å². The van der Waals surface area contributed by atoms with Gasteiger partial charge >= 0.3 is 0 Å². The fourth-order valence-electron chi connectivity index (χ4n) is 2.86. The Morgan fingerprint density at radius 1 is 1.07 bits per heavy atom. The molecule has 28 heavy (non-hydrogen) atoms. The molecule has 1 aliphatic rings. The molecule has 0 bridgehead atoms. The molecule has 0 aliphatic carbocycles. The van der Waals surface area contributed by atoms with E-state index in [-0.39, 0.29) is 17.5 Å². The molecule has 0 fully saturated rings. The van der Waals surface area contributed by atoms with Crippen molar-refractivity contribution in [2.45, 2.75) is 11.4 Å². The molecule has 2 heterocycles. The maximum atomic E-state index is 13.9. The lowest BCUT2D eigenvalue weighted by molar-refractivity contribution is -0.116. The molecule has 0 unspecified atom stereocenters. The number of anilines is 1. The summed E-state index contributed by atoms with van der Waals surface area (Å²) in [5.41, 5.74) is 0.733. The topological polar surface area (TPSA) is 38.8 Å². The number of hydrogen-bond donors (Lipinski definition) is 0. The van der Waals surface area contributed by atoms with Gasteiger partial charge in [0.1, 0.15) is 19.0 Å². The Morgan fingerprint density at radius 2 is 1.89 bits per heavy atom. The van der Waals surface area contributed by atoms with Crippen LogP contribution in [0.2, 0.25) is 0 Å². The summed E-state index contributed by atoms with van der Waals surface area (Å²) >= 11 is 2.79. The molecule has 2 aromatic carbocycles.